The van der Waals surface area contributed by atoms with E-state index in [0.29, 0.717) is 18.0 Å². The standard InChI is InChI=1S/C18H21N3O6S/c1-2-27-16-6-3-14(4-7-16)19-17-8-5-15(21(22)23)13-18(17)28(24,25)20-9-11-26-12-10-20/h3-8,13,19H,2,9-12H2,1H3. The normalized spacial score (nSPS) is 15.2. The summed E-state index contributed by atoms with van der Waals surface area (Å²) >= 11 is 0. The van der Waals surface area contributed by atoms with Crippen LogP contribution in [0.5, 0.6) is 5.75 Å². The highest BCUT2D eigenvalue weighted by Crippen LogP contribution is 2.32. The van der Waals surface area contributed by atoms with E-state index in [1.807, 2.05) is 6.92 Å². The van der Waals surface area contributed by atoms with Gasteiger partial charge < -0.3 is 14.8 Å². The van der Waals surface area contributed by atoms with E-state index in [1.165, 1.54) is 16.4 Å². The van der Waals surface area contributed by atoms with Crippen LogP contribution in [0.1, 0.15) is 6.92 Å². The lowest BCUT2D eigenvalue weighted by Crippen LogP contribution is -2.40. The second kappa shape index (κ2) is 8.55. The van der Waals surface area contributed by atoms with E-state index in [2.05, 4.69) is 5.32 Å². The molecule has 1 heterocycles. The predicted octanol–water partition coefficient (Wildman–Crippen LogP) is 2.76. The lowest BCUT2D eigenvalue weighted by molar-refractivity contribution is -0.385. The van der Waals surface area contributed by atoms with E-state index in [4.69, 9.17) is 9.47 Å². The van der Waals surface area contributed by atoms with Crippen LogP contribution in [0, 0.1) is 10.1 Å². The summed E-state index contributed by atoms with van der Waals surface area (Å²) in [5.74, 6) is 0.693. The summed E-state index contributed by atoms with van der Waals surface area (Å²) in [4.78, 5) is 10.4. The zero-order valence-corrected chi connectivity index (χ0v) is 16.1. The molecule has 2 aromatic carbocycles. The fraction of sp³-hybridized carbons (Fsp3) is 0.333. The first-order chi connectivity index (χ1) is 13.4. The maximum atomic E-state index is 13.1. The smallest absolute Gasteiger partial charge is 0.270 e. The summed E-state index contributed by atoms with van der Waals surface area (Å²) in [5, 5.41) is 14.2. The summed E-state index contributed by atoms with van der Waals surface area (Å²) in [7, 11) is -3.92. The van der Waals surface area contributed by atoms with Crippen molar-refractivity contribution in [1.29, 1.82) is 0 Å². The zero-order valence-electron chi connectivity index (χ0n) is 15.3. The topological polar surface area (TPSA) is 111 Å². The third kappa shape index (κ3) is 4.41. The molecule has 1 aliphatic heterocycles. The number of hydrogen-bond donors (Lipinski definition) is 1. The highest BCUT2D eigenvalue weighted by molar-refractivity contribution is 7.89. The van der Waals surface area contributed by atoms with Crippen molar-refractivity contribution in [3.8, 4) is 5.75 Å². The molecule has 28 heavy (non-hydrogen) atoms. The van der Waals surface area contributed by atoms with Gasteiger partial charge in [0.15, 0.2) is 0 Å². The van der Waals surface area contributed by atoms with E-state index in [0.717, 1.165) is 6.07 Å². The fourth-order valence-electron chi connectivity index (χ4n) is 2.82. The van der Waals surface area contributed by atoms with E-state index in [1.54, 1.807) is 24.3 Å². The molecule has 150 valence electrons. The Balaban J connectivity index is 1.97. The molecular formula is C18H21N3O6S. The molecule has 3 rings (SSSR count). The van der Waals surface area contributed by atoms with Gasteiger partial charge in [0.1, 0.15) is 10.6 Å². The zero-order chi connectivity index (χ0) is 20.1. The highest BCUT2D eigenvalue weighted by Gasteiger charge is 2.30. The number of rotatable bonds is 7. The molecular weight excluding hydrogens is 386 g/mol. The Labute approximate surface area is 163 Å². The number of nitro benzene ring substituents is 1. The molecule has 2 aromatic rings. The van der Waals surface area contributed by atoms with Gasteiger partial charge in [-0.15, -0.1) is 0 Å². The average Bonchev–Trinajstić information content (AvgIpc) is 2.70. The van der Waals surface area contributed by atoms with Gasteiger partial charge in [0.2, 0.25) is 10.0 Å². The van der Waals surface area contributed by atoms with Gasteiger partial charge in [-0.2, -0.15) is 4.31 Å². The molecule has 1 fully saturated rings. The number of nitrogens with one attached hydrogen (secondary N) is 1. The number of non-ortho nitro benzene ring substituents is 1. The molecule has 0 bridgehead atoms. The van der Waals surface area contributed by atoms with Crippen LogP contribution in [0.15, 0.2) is 47.4 Å². The maximum absolute atomic E-state index is 13.1. The summed E-state index contributed by atoms with van der Waals surface area (Å²) < 4.78 is 38.1. The Morgan fingerprint density at radius 3 is 2.46 bits per heavy atom. The Hall–Kier alpha value is -2.69. The molecule has 0 saturated carbocycles. The van der Waals surface area contributed by atoms with E-state index in [9.17, 15) is 18.5 Å². The average molecular weight is 407 g/mol. The second-order valence-corrected chi connectivity index (χ2v) is 7.94. The number of morpholine rings is 1. The summed E-state index contributed by atoms with van der Waals surface area (Å²) in [6.45, 7) is 3.40. The van der Waals surface area contributed by atoms with Crippen LogP contribution >= 0.6 is 0 Å². The third-order valence-electron chi connectivity index (χ3n) is 4.21. The number of nitrogens with zero attached hydrogens (tertiary/aromatic N) is 2. The predicted molar refractivity (Wildman–Crippen MR) is 104 cm³/mol. The molecule has 9 nitrogen and oxygen atoms in total. The summed E-state index contributed by atoms with van der Waals surface area (Å²) in [6, 6.07) is 10.8. The minimum Gasteiger partial charge on any atom is -0.494 e. The van der Waals surface area contributed by atoms with E-state index < -0.39 is 14.9 Å². The van der Waals surface area contributed by atoms with Gasteiger partial charge in [-0.05, 0) is 37.3 Å². The number of benzene rings is 2. The van der Waals surface area contributed by atoms with Crippen molar-refractivity contribution in [2.45, 2.75) is 11.8 Å². The Morgan fingerprint density at radius 1 is 1.18 bits per heavy atom. The van der Waals surface area contributed by atoms with Crippen molar-refractivity contribution in [1.82, 2.24) is 4.31 Å². The minimum atomic E-state index is -3.92. The van der Waals surface area contributed by atoms with Crippen LogP contribution in [-0.2, 0) is 14.8 Å². The number of ether oxygens (including phenoxy) is 2. The Morgan fingerprint density at radius 2 is 1.86 bits per heavy atom. The summed E-state index contributed by atoms with van der Waals surface area (Å²) in [6.07, 6.45) is 0. The fourth-order valence-corrected chi connectivity index (χ4v) is 4.40. The molecule has 1 saturated heterocycles. The number of anilines is 2. The molecule has 0 aromatic heterocycles. The number of sulfonamides is 1. The van der Waals surface area contributed by atoms with E-state index >= 15 is 0 Å². The molecule has 10 heteroatoms. The van der Waals surface area contributed by atoms with Crippen molar-refractivity contribution in [2.75, 3.05) is 38.2 Å². The molecule has 0 aliphatic carbocycles. The van der Waals surface area contributed by atoms with Crippen LogP contribution in [0.4, 0.5) is 17.1 Å². The van der Waals surface area contributed by atoms with Crippen molar-refractivity contribution < 1.29 is 22.8 Å². The first kappa shape index (κ1) is 20.1. The highest BCUT2D eigenvalue weighted by atomic mass is 32.2. The largest absolute Gasteiger partial charge is 0.494 e. The Bertz CT molecular complexity index is 940. The molecule has 1 aliphatic rings. The molecule has 0 unspecified atom stereocenters. The molecule has 0 amide bonds. The third-order valence-corrected chi connectivity index (χ3v) is 6.15. The minimum absolute atomic E-state index is 0.141. The van der Waals surface area contributed by atoms with Gasteiger partial charge in [0.05, 0.1) is 30.4 Å². The monoisotopic (exact) mass is 407 g/mol. The summed E-state index contributed by atoms with van der Waals surface area (Å²) in [5.41, 5.74) is 0.612. The maximum Gasteiger partial charge on any atom is 0.270 e. The van der Waals surface area contributed by atoms with Crippen LogP contribution < -0.4 is 10.1 Å². The lowest BCUT2D eigenvalue weighted by Gasteiger charge is -2.27. The number of nitro groups is 1. The molecule has 0 spiro atoms. The van der Waals surface area contributed by atoms with Gasteiger partial charge in [-0.25, -0.2) is 8.42 Å². The molecule has 1 N–H and O–H groups in total. The van der Waals surface area contributed by atoms with Crippen molar-refractivity contribution >= 4 is 27.1 Å². The molecule has 0 radical (unpaired) electrons. The first-order valence-electron chi connectivity index (χ1n) is 8.78. The van der Waals surface area contributed by atoms with Crippen LogP contribution in [-0.4, -0.2) is 50.6 Å². The number of hydrogen-bond acceptors (Lipinski definition) is 7. The van der Waals surface area contributed by atoms with Crippen LogP contribution in [0.2, 0.25) is 0 Å². The van der Waals surface area contributed by atoms with Gasteiger partial charge >= 0.3 is 0 Å². The van der Waals surface area contributed by atoms with Gasteiger partial charge in [-0.3, -0.25) is 10.1 Å². The second-order valence-electron chi connectivity index (χ2n) is 6.04. The quantitative estimate of drug-likeness (QED) is 0.555. The Kier molecular flexibility index (Phi) is 6.12. The van der Waals surface area contributed by atoms with E-state index in [-0.39, 0.29) is 42.6 Å². The van der Waals surface area contributed by atoms with Crippen molar-refractivity contribution in [3.05, 3.63) is 52.6 Å². The van der Waals surface area contributed by atoms with Gasteiger partial charge in [-0.1, -0.05) is 0 Å². The van der Waals surface area contributed by atoms with Crippen LogP contribution in [0.3, 0.4) is 0 Å². The van der Waals surface area contributed by atoms with Gasteiger partial charge in [0.25, 0.3) is 5.69 Å². The molecule has 0 atom stereocenters. The van der Waals surface area contributed by atoms with Crippen LogP contribution in [0.25, 0.3) is 0 Å². The SMILES string of the molecule is CCOc1ccc(Nc2ccc([N+](=O)[O-])cc2S(=O)(=O)N2CCOCC2)cc1. The van der Waals surface area contributed by atoms with Gasteiger partial charge in [0, 0.05) is 30.9 Å². The van der Waals surface area contributed by atoms with Crippen molar-refractivity contribution in [3.63, 3.8) is 0 Å². The first-order valence-corrected chi connectivity index (χ1v) is 10.2. The van der Waals surface area contributed by atoms with Crippen molar-refractivity contribution in [2.24, 2.45) is 0 Å². The lowest BCUT2D eigenvalue weighted by atomic mass is 10.2.